The molecule has 0 heterocycles. The monoisotopic (exact) mass is 206 g/mol. The Morgan fingerprint density at radius 1 is 1.40 bits per heavy atom. The van der Waals surface area contributed by atoms with Crippen molar-refractivity contribution < 1.29 is 4.79 Å². The summed E-state index contributed by atoms with van der Waals surface area (Å²) in [5, 5.41) is 0. The molecule has 0 spiro atoms. The third-order valence-electron chi connectivity index (χ3n) is 2.43. The second-order valence-corrected chi connectivity index (χ2v) is 4.04. The van der Waals surface area contributed by atoms with Gasteiger partial charge in [0.05, 0.1) is 6.42 Å². The maximum Gasteiger partial charge on any atom is 0.221 e. The Hall–Kier alpha value is -1.35. The highest BCUT2D eigenvalue weighted by Gasteiger charge is 2.09. The van der Waals surface area contributed by atoms with Gasteiger partial charge < -0.3 is 11.5 Å². The average molecular weight is 206 g/mol. The summed E-state index contributed by atoms with van der Waals surface area (Å²) >= 11 is 0. The number of carbonyl (C=O) groups excluding carboxylic acids is 1. The predicted octanol–water partition coefficient (Wildman–Crippen LogP) is 1.30. The van der Waals surface area contributed by atoms with Crippen LogP contribution >= 0.6 is 0 Å². The maximum absolute atomic E-state index is 10.9. The van der Waals surface area contributed by atoms with E-state index < -0.39 is 0 Å². The molecule has 0 atom stereocenters. The zero-order valence-corrected chi connectivity index (χ0v) is 9.29. The molecule has 15 heavy (non-hydrogen) atoms. The molecule has 1 aromatic carbocycles. The minimum absolute atomic E-state index is 0.293. The Kier molecular flexibility index (Phi) is 3.86. The largest absolute Gasteiger partial charge is 0.369 e. The van der Waals surface area contributed by atoms with Crippen molar-refractivity contribution in [3.8, 4) is 0 Å². The summed E-state index contributed by atoms with van der Waals surface area (Å²) in [6.45, 7) is 4.69. The highest BCUT2D eigenvalue weighted by atomic mass is 16.1. The molecule has 0 aromatic heterocycles. The third-order valence-corrected chi connectivity index (χ3v) is 2.43. The van der Waals surface area contributed by atoms with Crippen molar-refractivity contribution in [2.24, 2.45) is 11.5 Å². The van der Waals surface area contributed by atoms with Crippen molar-refractivity contribution in [2.75, 3.05) is 0 Å². The lowest BCUT2D eigenvalue weighted by atomic mass is 9.93. The van der Waals surface area contributed by atoms with Gasteiger partial charge in [-0.05, 0) is 22.6 Å². The normalized spacial score (nSPS) is 10.7. The molecule has 0 fully saturated rings. The van der Waals surface area contributed by atoms with Crippen LogP contribution in [0.1, 0.15) is 36.5 Å². The first kappa shape index (κ1) is 11.7. The summed E-state index contributed by atoms with van der Waals surface area (Å²) in [5.41, 5.74) is 14.0. The van der Waals surface area contributed by atoms with Crippen molar-refractivity contribution in [2.45, 2.75) is 32.7 Å². The van der Waals surface area contributed by atoms with Crippen LogP contribution in [-0.2, 0) is 17.8 Å². The van der Waals surface area contributed by atoms with Gasteiger partial charge in [-0.3, -0.25) is 4.79 Å². The summed E-state index contributed by atoms with van der Waals surface area (Å²) in [6.07, 6.45) is 0.293. The van der Waals surface area contributed by atoms with Crippen molar-refractivity contribution >= 4 is 5.91 Å². The number of hydrogen-bond donors (Lipinski definition) is 2. The van der Waals surface area contributed by atoms with Crippen LogP contribution in [0, 0.1) is 0 Å². The molecule has 0 aliphatic carbocycles. The number of nitrogens with two attached hydrogens (primary N) is 2. The standard InChI is InChI=1S/C12H18N2O/c1-8(2)11-4-3-9(7-13)5-10(11)6-12(14)15/h3-5,8H,6-7,13H2,1-2H3,(H2,14,15). The molecule has 3 nitrogen and oxygen atoms in total. The molecule has 0 aliphatic rings. The van der Waals surface area contributed by atoms with E-state index in [4.69, 9.17) is 11.5 Å². The molecule has 4 N–H and O–H groups in total. The molecule has 3 heteroatoms. The Bertz CT molecular complexity index is 359. The first-order valence-corrected chi connectivity index (χ1v) is 5.14. The van der Waals surface area contributed by atoms with E-state index in [-0.39, 0.29) is 5.91 Å². The van der Waals surface area contributed by atoms with Crippen molar-refractivity contribution in [3.05, 3.63) is 34.9 Å². The molecule has 1 aromatic rings. The molecule has 0 radical (unpaired) electrons. The van der Waals surface area contributed by atoms with Crippen molar-refractivity contribution in [1.29, 1.82) is 0 Å². The Balaban J connectivity index is 3.10. The summed E-state index contributed by atoms with van der Waals surface area (Å²) in [6, 6.07) is 6.01. The maximum atomic E-state index is 10.9. The van der Waals surface area contributed by atoms with Gasteiger partial charge in [-0.2, -0.15) is 0 Å². The molecule has 0 aliphatic heterocycles. The topological polar surface area (TPSA) is 69.1 Å². The predicted molar refractivity (Wildman–Crippen MR) is 61.3 cm³/mol. The van der Waals surface area contributed by atoms with E-state index in [2.05, 4.69) is 13.8 Å². The van der Waals surface area contributed by atoms with E-state index in [1.165, 1.54) is 5.56 Å². The molecule has 82 valence electrons. The van der Waals surface area contributed by atoms with Crippen LogP contribution in [0.15, 0.2) is 18.2 Å². The first-order valence-electron chi connectivity index (χ1n) is 5.14. The van der Waals surface area contributed by atoms with Crippen LogP contribution in [0.2, 0.25) is 0 Å². The van der Waals surface area contributed by atoms with E-state index in [1.807, 2.05) is 18.2 Å². The summed E-state index contributed by atoms with van der Waals surface area (Å²) in [4.78, 5) is 10.9. The van der Waals surface area contributed by atoms with Gasteiger partial charge in [-0.15, -0.1) is 0 Å². The zero-order chi connectivity index (χ0) is 11.4. The molecule has 1 rings (SSSR count). The highest BCUT2D eigenvalue weighted by molar-refractivity contribution is 5.77. The SMILES string of the molecule is CC(C)c1ccc(CN)cc1CC(N)=O. The number of rotatable bonds is 4. The average Bonchev–Trinajstić information content (AvgIpc) is 2.16. The van der Waals surface area contributed by atoms with Gasteiger partial charge >= 0.3 is 0 Å². The Morgan fingerprint density at radius 3 is 2.53 bits per heavy atom. The lowest BCUT2D eigenvalue weighted by Crippen LogP contribution is -2.15. The lowest BCUT2D eigenvalue weighted by Gasteiger charge is -2.13. The Labute approximate surface area is 90.5 Å². The molecular formula is C12H18N2O. The molecule has 0 saturated heterocycles. The van der Waals surface area contributed by atoms with Crippen LogP contribution in [-0.4, -0.2) is 5.91 Å². The van der Waals surface area contributed by atoms with Crippen LogP contribution in [0.5, 0.6) is 0 Å². The second kappa shape index (κ2) is 4.94. The quantitative estimate of drug-likeness (QED) is 0.779. The van der Waals surface area contributed by atoms with E-state index in [0.717, 1.165) is 11.1 Å². The summed E-state index contributed by atoms with van der Waals surface area (Å²) in [5.74, 6) is 0.0947. The number of amides is 1. The summed E-state index contributed by atoms with van der Waals surface area (Å²) < 4.78 is 0. The first-order chi connectivity index (χ1) is 7.04. The van der Waals surface area contributed by atoms with E-state index >= 15 is 0 Å². The van der Waals surface area contributed by atoms with Gasteiger partial charge in [0.2, 0.25) is 5.91 Å². The van der Waals surface area contributed by atoms with Crippen LogP contribution in [0.25, 0.3) is 0 Å². The number of hydrogen-bond acceptors (Lipinski definition) is 2. The highest BCUT2D eigenvalue weighted by Crippen LogP contribution is 2.21. The third kappa shape index (κ3) is 3.06. The van der Waals surface area contributed by atoms with Crippen LogP contribution in [0.3, 0.4) is 0 Å². The molecule has 0 saturated carbocycles. The van der Waals surface area contributed by atoms with Crippen LogP contribution < -0.4 is 11.5 Å². The van der Waals surface area contributed by atoms with Crippen LogP contribution in [0.4, 0.5) is 0 Å². The second-order valence-electron chi connectivity index (χ2n) is 4.04. The molecular weight excluding hydrogens is 188 g/mol. The number of carbonyl (C=O) groups is 1. The fourth-order valence-electron chi connectivity index (χ4n) is 1.69. The smallest absolute Gasteiger partial charge is 0.221 e. The van der Waals surface area contributed by atoms with Crippen molar-refractivity contribution in [1.82, 2.24) is 0 Å². The van der Waals surface area contributed by atoms with E-state index in [1.54, 1.807) is 0 Å². The number of benzene rings is 1. The molecule has 1 amide bonds. The van der Waals surface area contributed by atoms with Gasteiger partial charge in [0.1, 0.15) is 0 Å². The molecule has 0 unspecified atom stereocenters. The number of primary amides is 1. The minimum Gasteiger partial charge on any atom is -0.369 e. The zero-order valence-electron chi connectivity index (χ0n) is 9.29. The van der Waals surface area contributed by atoms with E-state index in [0.29, 0.717) is 18.9 Å². The fourth-order valence-corrected chi connectivity index (χ4v) is 1.69. The fraction of sp³-hybridized carbons (Fsp3) is 0.417. The van der Waals surface area contributed by atoms with Gasteiger partial charge in [-0.1, -0.05) is 32.0 Å². The summed E-state index contributed by atoms with van der Waals surface area (Å²) in [7, 11) is 0. The Morgan fingerprint density at radius 2 is 2.07 bits per heavy atom. The van der Waals surface area contributed by atoms with Gasteiger partial charge in [0, 0.05) is 6.54 Å². The van der Waals surface area contributed by atoms with Gasteiger partial charge in [-0.25, -0.2) is 0 Å². The lowest BCUT2D eigenvalue weighted by molar-refractivity contribution is -0.117. The van der Waals surface area contributed by atoms with Gasteiger partial charge in [0.25, 0.3) is 0 Å². The molecule has 0 bridgehead atoms. The van der Waals surface area contributed by atoms with Crippen molar-refractivity contribution in [3.63, 3.8) is 0 Å². The van der Waals surface area contributed by atoms with E-state index in [9.17, 15) is 4.79 Å². The minimum atomic E-state index is -0.300. The van der Waals surface area contributed by atoms with Gasteiger partial charge in [0.15, 0.2) is 0 Å².